The van der Waals surface area contributed by atoms with Crippen LogP contribution in [0.15, 0.2) is 18.2 Å². The summed E-state index contributed by atoms with van der Waals surface area (Å²) in [6, 6.07) is 6.05. The molecule has 0 aromatic heterocycles. The number of hydrogen-bond acceptors (Lipinski definition) is 7. The number of nitrogens with two attached hydrogens (primary N) is 1. The monoisotopic (exact) mass is 416 g/mol. The van der Waals surface area contributed by atoms with E-state index in [0.717, 1.165) is 16.8 Å². The molecular weight excluding hydrogens is 393 g/mol. The highest BCUT2D eigenvalue weighted by atomic mass is 32.2. The minimum absolute atomic E-state index is 0.265. The minimum Gasteiger partial charge on any atom is -0.398 e. The van der Waals surface area contributed by atoms with E-state index in [9.17, 15) is 26.4 Å². The lowest BCUT2D eigenvalue weighted by atomic mass is 10.1. The maximum atomic E-state index is 11.8. The summed E-state index contributed by atoms with van der Waals surface area (Å²) in [5.74, 6) is -1.44. The third kappa shape index (κ3) is 10.1. The van der Waals surface area contributed by atoms with Gasteiger partial charge in [0, 0.05) is 12.2 Å². The van der Waals surface area contributed by atoms with Crippen LogP contribution in [0, 0.1) is 13.8 Å². The summed E-state index contributed by atoms with van der Waals surface area (Å²) in [7, 11) is -4.57. The average Bonchev–Trinajstić information content (AvgIpc) is 2.55. The number of carbonyl (C=O) groups is 1. The molecule has 0 spiro atoms. The number of aryl methyl sites for hydroxylation is 2. The number of hydrogen-bond donors (Lipinski definition) is 2. The molecule has 0 amide bonds. The maximum absolute atomic E-state index is 11.8. The number of aliphatic hydroxyl groups is 1. The van der Waals surface area contributed by atoms with Gasteiger partial charge in [-0.3, -0.25) is 0 Å². The summed E-state index contributed by atoms with van der Waals surface area (Å²) in [4.78, 5) is 10.6. The van der Waals surface area contributed by atoms with Gasteiger partial charge in [0.05, 0.1) is 0 Å². The molecule has 0 radical (unpaired) electrons. The quantitative estimate of drug-likeness (QED) is 0.511. The number of alkyl halides is 3. The molecule has 0 atom stereocenters. The second-order valence-corrected chi connectivity index (χ2v) is 6.78. The van der Waals surface area contributed by atoms with Crippen molar-refractivity contribution in [3.63, 3.8) is 0 Å². The first-order valence-electron chi connectivity index (χ1n) is 7.63. The molecule has 0 saturated heterocycles. The first-order valence-corrected chi connectivity index (χ1v) is 9.00. The van der Waals surface area contributed by atoms with E-state index in [0.29, 0.717) is 4.31 Å². The van der Waals surface area contributed by atoms with Gasteiger partial charge in [-0.1, -0.05) is 25.1 Å². The lowest BCUT2D eigenvalue weighted by Crippen LogP contribution is -2.37. The van der Waals surface area contributed by atoms with Crippen LogP contribution in [0.4, 0.5) is 18.9 Å². The van der Waals surface area contributed by atoms with Gasteiger partial charge < -0.3 is 19.8 Å². The van der Waals surface area contributed by atoms with Gasteiger partial charge in [0.25, 0.3) is 0 Å². The summed E-state index contributed by atoms with van der Waals surface area (Å²) in [6.07, 6.45) is -4.59. The number of para-hydroxylation sites is 1. The third-order valence-corrected chi connectivity index (χ3v) is 4.43. The molecule has 3 N–H and O–H groups in total. The number of nitrogen functional groups attached to an aromatic ring is 1. The molecule has 0 saturated carbocycles. The van der Waals surface area contributed by atoms with Gasteiger partial charge in [-0.15, -0.1) is 4.31 Å². The SMILES string of the molecule is CCN(COCC(F)(F)F)S(=O)(=O)OC(=O)CO.Cc1cccc(C)c1N. The predicted octanol–water partition coefficient (Wildman–Crippen LogP) is 1.51. The van der Waals surface area contributed by atoms with Crippen LogP contribution in [-0.4, -0.2) is 56.5 Å². The van der Waals surface area contributed by atoms with Gasteiger partial charge in [0.1, 0.15) is 19.9 Å². The van der Waals surface area contributed by atoms with Crippen molar-refractivity contribution in [1.82, 2.24) is 4.31 Å². The second-order valence-electron chi connectivity index (χ2n) is 5.24. The van der Waals surface area contributed by atoms with Crippen molar-refractivity contribution in [1.29, 1.82) is 0 Å². The van der Waals surface area contributed by atoms with E-state index >= 15 is 0 Å². The summed E-state index contributed by atoms with van der Waals surface area (Å²) in [5.41, 5.74) is 8.92. The Kier molecular flexibility index (Phi) is 10.3. The summed E-state index contributed by atoms with van der Waals surface area (Å²) in [5, 5.41) is 8.30. The fourth-order valence-corrected chi connectivity index (χ4v) is 2.51. The lowest BCUT2D eigenvalue weighted by Gasteiger charge is -2.19. The van der Waals surface area contributed by atoms with Crippen molar-refractivity contribution in [3.8, 4) is 0 Å². The number of ether oxygens (including phenoxy) is 1. The summed E-state index contributed by atoms with van der Waals surface area (Å²) < 4.78 is 66.2. The molecule has 156 valence electrons. The molecule has 12 heteroatoms. The molecule has 0 fully saturated rings. The standard InChI is InChI=1S/C8H11N.C7H12F3NO6S/c1-6-4-3-5-7(2)8(6)9;1-2-11(5-16-4-7(8,9)10)18(14,15)17-6(13)3-12/h3-5H,9H2,1-2H3;12H,2-5H2,1H3. The smallest absolute Gasteiger partial charge is 0.398 e. The number of rotatable bonds is 7. The fourth-order valence-electron chi connectivity index (χ4n) is 1.60. The van der Waals surface area contributed by atoms with Crippen molar-refractivity contribution in [2.45, 2.75) is 26.9 Å². The van der Waals surface area contributed by atoms with E-state index in [2.05, 4.69) is 8.92 Å². The molecule has 1 rings (SSSR count). The Labute approximate surface area is 155 Å². The highest BCUT2D eigenvalue weighted by molar-refractivity contribution is 7.84. The van der Waals surface area contributed by atoms with Crippen LogP contribution < -0.4 is 5.73 Å². The molecule has 1 aromatic rings. The van der Waals surface area contributed by atoms with Crippen LogP contribution in [0.5, 0.6) is 0 Å². The van der Waals surface area contributed by atoms with Crippen LogP contribution in [0.2, 0.25) is 0 Å². The third-order valence-electron chi connectivity index (χ3n) is 3.04. The minimum atomic E-state index is -4.59. The van der Waals surface area contributed by atoms with E-state index in [1.807, 2.05) is 32.0 Å². The Bertz CT molecular complexity index is 690. The Morgan fingerprint density at radius 3 is 2.15 bits per heavy atom. The second kappa shape index (κ2) is 11.1. The molecule has 0 aliphatic carbocycles. The molecular formula is C15H23F3N2O6S. The van der Waals surface area contributed by atoms with Crippen molar-refractivity contribution >= 4 is 22.0 Å². The van der Waals surface area contributed by atoms with E-state index in [-0.39, 0.29) is 6.54 Å². The number of halogens is 3. The average molecular weight is 416 g/mol. The van der Waals surface area contributed by atoms with Gasteiger partial charge in [0.2, 0.25) is 0 Å². The first-order chi connectivity index (χ1) is 12.3. The number of carbonyl (C=O) groups excluding carboxylic acids is 1. The largest absolute Gasteiger partial charge is 0.411 e. The molecule has 0 aliphatic heterocycles. The topological polar surface area (TPSA) is 119 Å². The fraction of sp³-hybridized carbons (Fsp3) is 0.533. The van der Waals surface area contributed by atoms with Crippen molar-refractivity contribution in [2.24, 2.45) is 0 Å². The zero-order valence-electron chi connectivity index (χ0n) is 15.1. The van der Waals surface area contributed by atoms with Crippen LogP contribution in [-0.2, 0) is 24.0 Å². The Balaban J connectivity index is 0.000000621. The molecule has 27 heavy (non-hydrogen) atoms. The number of anilines is 1. The van der Waals surface area contributed by atoms with E-state index in [1.54, 1.807) is 0 Å². The van der Waals surface area contributed by atoms with Crippen molar-refractivity contribution in [2.75, 3.05) is 32.2 Å². The van der Waals surface area contributed by atoms with Gasteiger partial charge in [-0.2, -0.15) is 21.6 Å². The van der Waals surface area contributed by atoms with E-state index in [1.165, 1.54) is 6.92 Å². The number of aliphatic hydroxyl groups excluding tert-OH is 1. The molecule has 0 bridgehead atoms. The Morgan fingerprint density at radius 2 is 1.78 bits per heavy atom. The van der Waals surface area contributed by atoms with Crippen molar-refractivity contribution in [3.05, 3.63) is 29.3 Å². The zero-order chi connectivity index (χ0) is 21.3. The first kappa shape index (κ1) is 25.1. The number of benzene rings is 1. The van der Waals surface area contributed by atoms with E-state index < -0.39 is 42.4 Å². The molecule has 8 nitrogen and oxygen atoms in total. The van der Waals surface area contributed by atoms with Crippen LogP contribution in [0.1, 0.15) is 18.1 Å². The van der Waals surface area contributed by atoms with Gasteiger partial charge >= 0.3 is 22.4 Å². The number of nitrogens with zero attached hydrogens (tertiary/aromatic N) is 1. The molecule has 0 unspecified atom stereocenters. The Hall–Kier alpha value is -1.89. The Morgan fingerprint density at radius 1 is 1.26 bits per heavy atom. The normalized spacial score (nSPS) is 11.7. The maximum Gasteiger partial charge on any atom is 0.411 e. The molecule has 1 aromatic carbocycles. The molecule has 0 heterocycles. The predicted molar refractivity (Wildman–Crippen MR) is 91.7 cm³/mol. The highest BCUT2D eigenvalue weighted by Gasteiger charge is 2.30. The summed E-state index contributed by atoms with van der Waals surface area (Å²) >= 11 is 0. The highest BCUT2D eigenvalue weighted by Crippen LogP contribution is 2.15. The van der Waals surface area contributed by atoms with Crippen molar-refractivity contribution < 1.29 is 40.4 Å². The van der Waals surface area contributed by atoms with Gasteiger partial charge in [-0.05, 0) is 25.0 Å². The van der Waals surface area contributed by atoms with Crippen LogP contribution >= 0.6 is 0 Å². The van der Waals surface area contributed by atoms with Crippen LogP contribution in [0.3, 0.4) is 0 Å². The zero-order valence-corrected chi connectivity index (χ0v) is 15.9. The van der Waals surface area contributed by atoms with Gasteiger partial charge in [-0.25, -0.2) is 4.79 Å². The molecule has 0 aliphatic rings. The van der Waals surface area contributed by atoms with E-state index in [4.69, 9.17) is 10.8 Å². The van der Waals surface area contributed by atoms with Gasteiger partial charge in [0.15, 0.2) is 0 Å². The summed E-state index contributed by atoms with van der Waals surface area (Å²) in [6.45, 7) is 1.36. The van der Waals surface area contributed by atoms with Crippen LogP contribution in [0.25, 0.3) is 0 Å². The lowest BCUT2D eigenvalue weighted by molar-refractivity contribution is -0.180.